The van der Waals surface area contributed by atoms with E-state index in [1.165, 1.54) is 0 Å². The van der Waals surface area contributed by atoms with Gasteiger partial charge in [-0.1, -0.05) is 0 Å². The summed E-state index contributed by atoms with van der Waals surface area (Å²) in [6.07, 6.45) is 10.8. The Labute approximate surface area is 174 Å². The molecule has 0 aromatic carbocycles. The second-order valence-electron chi connectivity index (χ2n) is 7.90. The fourth-order valence-electron chi connectivity index (χ4n) is 4.00. The van der Waals surface area contributed by atoms with E-state index in [0.29, 0.717) is 38.5 Å². The molecule has 1 aromatic heterocycles. The molecule has 6 heteroatoms. The van der Waals surface area contributed by atoms with E-state index in [9.17, 15) is 15.0 Å². The first-order valence-corrected chi connectivity index (χ1v) is 10.4. The molecule has 5 atom stereocenters. The van der Waals surface area contributed by atoms with Crippen LogP contribution in [-0.2, 0) is 11.2 Å². The van der Waals surface area contributed by atoms with Crippen molar-refractivity contribution in [3.8, 4) is 0 Å². The maximum absolute atomic E-state index is 10.5. The van der Waals surface area contributed by atoms with Crippen molar-refractivity contribution >= 4 is 19.4 Å². The molecule has 2 rings (SSSR count). The molecular formula is C23H32BO5. The van der Waals surface area contributed by atoms with Gasteiger partial charge in [0.25, 0.3) is 0 Å². The number of rotatable bonds is 12. The van der Waals surface area contributed by atoms with Crippen LogP contribution in [0.25, 0.3) is 0 Å². The van der Waals surface area contributed by atoms with Crippen LogP contribution in [-0.4, -0.2) is 47.0 Å². The van der Waals surface area contributed by atoms with Crippen molar-refractivity contribution in [3.63, 3.8) is 0 Å². The van der Waals surface area contributed by atoms with Crippen molar-refractivity contribution in [3.05, 3.63) is 48.0 Å². The monoisotopic (exact) mass is 399 g/mol. The number of allylic oxidation sites excluding steroid dienone is 3. The molecule has 0 spiro atoms. The number of aliphatic carboxylic acids is 1. The van der Waals surface area contributed by atoms with Gasteiger partial charge in [0, 0.05) is 0 Å². The molecule has 1 aliphatic carbocycles. The first kappa shape index (κ1) is 23.4. The Morgan fingerprint density at radius 3 is 2.83 bits per heavy atom. The predicted octanol–water partition coefficient (Wildman–Crippen LogP) is 3.22. The van der Waals surface area contributed by atoms with E-state index < -0.39 is 18.2 Å². The Morgan fingerprint density at radius 2 is 2.17 bits per heavy atom. The molecule has 0 amide bonds. The van der Waals surface area contributed by atoms with Crippen LogP contribution >= 0.6 is 0 Å². The summed E-state index contributed by atoms with van der Waals surface area (Å²) in [5.41, 5.74) is 0. The molecule has 1 aliphatic rings. The van der Waals surface area contributed by atoms with Gasteiger partial charge in [-0.25, -0.2) is 0 Å². The Morgan fingerprint density at radius 1 is 1.38 bits per heavy atom. The second-order valence-corrected chi connectivity index (χ2v) is 7.90. The molecule has 1 aromatic rings. The van der Waals surface area contributed by atoms with Crippen molar-refractivity contribution in [1.29, 1.82) is 0 Å². The second kappa shape index (κ2) is 11.9. The van der Waals surface area contributed by atoms with E-state index in [-0.39, 0.29) is 24.2 Å². The van der Waals surface area contributed by atoms with Crippen LogP contribution in [0.4, 0.5) is 0 Å². The molecule has 1 heterocycles. The van der Waals surface area contributed by atoms with Crippen LogP contribution in [0.1, 0.15) is 50.0 Å². The fourth-order valence-corrected chi connectivity index (χ4v) is 4.00. The van der Waals surface area contributed by atoms with E-state index in [0.717, 1.165) is 11.5 Å². The van der Waals surface area contributed by atoms with Crippen LogP contribution in [0.3, 0.4) is 0 Å². The quantitative estimate of drug-likeness (QED) is 0.285. The van der Waals surface area contributed by atoms with E-state index in [1.54, 1.807) is 12.0 Å². The number of hydrogen-bond acceptors (Lipinski definition) is 4. The molecule has 1 unspecified atom stereocenters. The minimum atomic E-state index is -0.781. The van der Waals surface area contributed by atoms with E-state index in [4.69, 9.17) is 17.0 Å². The zero-order valence-electron chi connectivity index (χ0n) is 17.1. The van der Waals surface area contributed by atoms with Crippen LogP contribution in [0.2, 0.25) is 0 Å². The summed E-state index contributed by atoms with van der Waals surface area (Å²) in [4.78, 5) is 10.5. The van der Waals surface area contributed by atoms with E-state index >= 15 is 0 Å². The van der Waals surface area contributed by atoms with Crippen LogP contribution in [0, 0.1) is 24.7 Å². The van der Waals surface area contributed by atoms with Gasteiger partial charge < -0.3 is 0 Å². The van der Waals surface area contributed by atoms with Gasteiger partial charge in [0.15, 0.2) is 0 Å². The molecule has 157 valence electrons. The molecule has 0 saturated heterocycles. The molecule has 0 bridgehead atoms. The summed E-state index contributed by atoms with van der Waals surface area (Å²) in [5, 5.41) is 29.4. The zero-order chi connectivity index (χ0) is 21.2. The summed E-state index contributed by atoms with van der Waals surface area (Å²) >= 11 is 0. The van der Waals surface area contributed by atoms with Gasteiger partial charge in [0.2, 0.25) is 0 Å². The molecule has 3 N–H and O–H groups in total. The number of aryl methyl sites for hydroxylation is 2. The molecule has 29 heavy (non-hydrogen) atoms. The molecule has 1 fully saturated rings. The van der Waals surface area contributed by atoms with Crippen LogP contribution in [0.5, 0.6) is 0 Å². The van der Waals surface area contributed by atoms with Crippen molar-refractivity contribution in [2.24, 2.45) is 17.8 Å². The summed E-state index contributed by atoms with van der Waals surface area (Å²) in [6.45, 7) is 1.90. The summed E-state index contributed by atoms with van der Waals surface area (Å²) in [7, 11) is 5.80. The third-order valence-corrected chi connectivity index (χ3v) is 5.62. The van der Waals surface area contributed by atoms with Crippen molar-refractivity contribution in [2.75, 3.05) is 0 Å². The minimum absolute atomic E-state index is 0.0340. The van der Waals surface area contributed by atoms with Gasteiger partial charge in [-0.3, -0.25) is 0 Å². The number of furan rings is 1. The topological polar surface area (TPSA) is 90.9 Å². The van der Waals surface area contributed by atoms with Crippen molar-refractivity contribution in [1.82, 2.24) is 0 Å². The SMILES string of the molecule is [B]=C[C@@H]1CC(O)[C@H](C/C=C\CCCC(=O)O)[C@H]1/C=C/[C@@H](O)CCc1ccc(C)o1. The average Bonchev–Trinajstić information content (AvgIpc) is 3.23. The van der Waals surface area contributed by atoms with Gasteiger partial charge in [0.05, 0.1) is 0 Å². The standard InChI is InChI=1S/C23H32BO5/c1-16-8-11-19(29-16)12-9-18(25)10-13-20-17(15-24)14-22(26)21(20)6-4-2-3-5-7-23(27)28/h2,4,8,10-11,13,15,17-18,20-22,25-26H,3,5-7,9,12,14H2,1H3,(H,27,28)/b4-2-,13-10+/t17-,18-,20-,21+,22?/m0/s1. The first-order valence-electron chi connectivity index (χ1n) is 10.4. The third-order valence-electron chi connectivity index (χ3n) is 5.62. The fraction of sp³-hybridized carbons (Fsp3) is 0.565. The molecular weight excluding hydrogens is 367 g/mol. The Balaban J connectivity index is 1.87. The zero-order valence-corrected chi connectivity index (χ0v) is 17.1. The molecule has 5 nitrogen and oxygen atoms in total. The molecule has 1 saturated carbocycles. The van der Waals surface area contributed by atoms with Gasteiger partial charge in [0.1, 0.15) is 0 Å². The average molecular weight is 399 g/mol. The van der Waals surface area contributed by atoms with Crippen LogP contribution < -0.4 is 0 Å². The number of unbranched alkanes of at least 4 members (excludes halogenated alkanes) is 1. The van der Waals surface area contributed by atoms with Crippen molar-refractivity contribution < 1.29 is 24.5 Å². The number of carboxylic acids is 1. The number of aliphatic hydroxyl groups is 2. The number of carbonyl (C=O) groups is 1. The maximum atomic E-state index is 10.5. The molecule has 1 radical (unpaired) electrons. The van der Waals surface area contributed by atoms with Gasteiger partial charge in [-0.15, -0.1) is 0 Å². The van der Waals surface area contributed by atoms with E-state index in [1.807, 2.05) is 37.3 Å². The summed E-state index contributed by atoms with van der Waals surface area (Å²) in [6, 6.07) is 3.84. The van der Waals surface area contributed by atoms with Gasteiger partial charge in [-0.2, -0.15) is 0 Å². The predicted molar refractivity (Wildman–Crippen MR) is 115 cm³/mol. The number of carboxylic acid groups (broad SMARTS) is 1. The Hall–Kier alpha value is -1.92. The third kappa shape index (κ3) is 7.79. The molecule has 0 aliphatic heterocycles. The first-order chi connectivity index (χ1) is 13.9. The van der Waals surface area contributed by atoms with Crippen LogP contribution in [0.15, 0.2) is 40.9 Å². The number of aliphatic hydroxyl groups excluding tert-OH is 2. The normalized spacial score (nSPS) is 25.7. The summed E-state index contributed by atoms with van der Waals surface area (Å²) < 4.78 is 5.53. The van der Waals surface area contributed by atoms with Gasteiger partial charge >= 0.3 is 174 Å². The van der Waals surface area contributed by atoms with Crippen molar-refractivity contribution in [2.45, 2.75) is 64.1 Å². The summed E-state index contributed by atoms with van der Waals surface area (Å²) in [5.74, 6) is 2.78. The number of hydrogen-bond donors (Lipinski definition) is 3. The van der Waals surface area contributed by atoms with E-state index in [2.05, 4.69) is 0 Å². The van der Waals surface area contributed by atoms with Gasteiger partial charge in [-0.05, 0) is 0 Å². The Kier molecular flexibility index (Phi) is 9.62. The Bertz CT molecular complexity index is 708.